The van der Waals surface area contributed by atoms with Crippen molar-refractivity contribution >= 4 is 44.9 Å². The second-order valence-corrected chi connectivity index (χ2v) is 5.57. The average Bonchev–Trinajstić information content (AvgIpc) is 2.71. The maximum atomic E-state index is 10.6. The SMILES string of the molecule is Cc1nc(-c2cc(Br)cs2)sc1C=O. The summed E-state index contributed by atoms with van der Waals surface area (Å²) in [7, 11) is 0. The Morgan fingerprint density at radius 1 is 1.57 bits per heavy atom. The van der Waals surface area contributed by atoms with E-state index in [0.29, 0.717) is 4.88 Å². The molecule has 72 valence electrons. The highest BCUT2D eigenvalue weighted by Gasteiger charge is 2.09. The molecule has 2 heterocycles. The fourth-order valence-electron chi connectivity index (χ4n) is 1.05. The lowest BCUT2D eigenvalue weighted by molar-refractivity contribution is 0.112. The van der Waals surface area contributed by atoms with Gasteiger partial charge in [-0.3, -0.25) is 4.79 Å². The van der Waals surface area contributed by atoms with Crippen LogP contribution in [0.5, 0.6) is 0 Å². The van der Waals surface area contributed by atoms with E-state index in [2.05, 4.69) is 20.9 Å². The maximum absolute atomic E-state index is 10.6. The fourth-order valence-corrected chi connectivity index (χ4v) is 3.42. The summed E-state index contributed by atoms with van der Waals surface area (Å²) >= 11 is 6.45. The largest absolute Gasteiger partial charge is 0.297 e. The zero-order chi connectivity index (χ0) is 10.1. The zero-order valence-corrected chi connectivity index (χ0v) is 10.5. The third-order valence-electron chi connectivity index (χ3n) is 1.72. The summed E-state index contributed by atoms with van der Waals surface area (Å²) in [4.78, 5) is 16.8. The fraction of sp³-hybridized carbons (Fsp3) is 0.111. The van der Waals surface area contributed by atoms with Crippen LogP contribution in [0.1, 0.15) is 15.4 Å². The van der Waals surface area contributed by atoms with Gasteiger partial charge in [-0.1, -0.05) is 0 Å². The van der Waals surface area contributed by atoms with Gasteiger partial charge in [-0.25, -0.2) is 4.98 Å². The van der Waals surface area contributed by atoms with Gasteiger partial charge in [-0.2, -0.15) is 0 Å². The van der Waals surface area contributed by atoms with E-state index >= 15 is 0 Å². The summed E-state index contributed by atoms with van der Waals surface area (Å²) in [6, 6.07) is 2.01. The summed E-state index contributed by atoms with van der Waals surface area (Å²) in [5.41, 5.74) is 0.810. The van der Waals surface area contributed by atoms with Crippen molar-refractivity contribution in [2.45, 2.75) is 6.92 Å². The molecule has 0 aromatic carbocycles. The van der Waals surface area contributed by atoms with Crippen molar-refractivity contribution in [2.24, 2.45) is 0 Å². The second kappa shape index (κ2) is 3.92. The number of hydrogen-bond acceptors (Lipinski definition) is 4. The first-order chi connectivity index (χ1) is 6.70. The Morgan fingerprint density at radius 3 is 2.86 bits per heavy atom. The van der Waals surface area contributed by atoms with Gasteiger partial charge in [0.05, 0.1) is 15.4 Å². The summed E-state index contributed by atoms with van der Waals surface area (Å²) in [6.45, 7) is 1.85. The van der Waals surface area contributed by atoms with Gasteiger partial charge >= 0.3 is 0 Å². The lowest BCUT2D eigenvalue weighted by atomic mass is 10.4. The number of nitrogens with zero attached hydrogens (tertiary/aromatic N) is 1. The smallest absolute Gasteiger partial charge is 0.161 e. The van der Waals surface area contributed by atoms with E-state index in [1.807, 2.05) is 18.4 Å². The van der Waals surface area contributed by atoms with Gasteiger partial charge in [0, 0.05) is 9.85 Å². The number of rotatable bonds is 2. The van der Waals surface area contributed by atoms with Crippen LogP contribution in [-0.2, 0) is 0 Å². The van der Waals surface area contributed by atoms with Gasteiger partial charge in [-0.05, 0) is 28.9 Å². The minimum atomic E-state index is 0.713. The van der Waals surface area contributed by atoms with Gasteiger partial charge in [-0.15, -0.1) is 22.7 Å². The number of thiazole rings is 1. The van der Waals surface area contributed by atoms with E-state index in [9.17, 15) is 4.79 Å². The van der Waals surface area contributed by atoms with Gasteiger partial charge < -0.3 is 0 Å². The molecule has 0 aliphatic heterocycles. The van der Waals surface area contributed by atoms with E-state index in [1.54, 1.807) is 11.3 Å². The quantitative estimate of drug-likeness (QED) is 0.788. The summed E-state index contributed by atoms with van der Waals surface area (Å²) in [6.07, 6.45) is 0.860. The van der Waals surface area contributed by atoms with Crippen LogP contribution in [0.2, 0.25) is 0 Å². The van der Waals surface area contributed by atoms with Gasteiger partial charge in [0.1, 0.15) is 5.01 Å². The number of carbonyl (C=O) groups excluding carboxylic acids is 1. The van der Waals surface area contributed by atoms with Crippen molar-refractivity contribution in [2.75, 3.05) is 0 Å². The second-order valence-electron chi connectivity index (χ2n) is 2.72. The predicted molar refractivity (Wildman–Crippen MR) is 63.3 cm³/mol. The highest BCUT2D eigenvalue weighted by atomic mass is 79.9. The Balaban J connectivity index is 2.47. The number of aldehydes is 1. The molecule has 0 bridgehead atoms. The van der Waals surface area contributed by atoms with Gasteiger partial charge in [0.25, 0.3) is 0 Å². The third kappa shape index (κ3) is 1.80. The molecule has 5 heteroatoms. The highest BCUT2D eigenvalue weighted by molar-refractivity contribution is 9.10. The number of hydrogen-bond donors (Lipinski definition) is 0. The minimum absolute atomic E-state index is 0.713. The Labute approximate surface area is 97.7 Å². The monoisotopic (exact) mass is 287 g/mol. The number of halogens is 1. The molecule has 0 N–H and O–H groups in total. The molecule has 0 unspecified atom stereocenters. The number of aromatic nitrogens is 1. The van der Waals surface area contributed by atoms with Crippen LogP contribution >= 0.6 is 38.6 Å². The van der Waals surface area contributed by atoms with Crippen LogP contribution in [0.3, 0.4) is 0 Å². The Morgan fingerprint density at radius 2 is 2.36 bits per heavy atom. The highest BCUT2D eigenvalue weighted by Crippen LogP contribution is 2.33. The number of aryl methyl sites for hydroxylation is 1. The van der Waals surface area contributed by atoms with Crippen molar-refractivity contribution in [1.82, 2.24) is 4.98 Å². The van der Waals surface area contributed by atoms with E-state index in [1.165, 1.54) is 11.3 Å². The molecule has 2 rings (SSSR count). The van der Waals surface area contributed by atoms with Crippen molar-refractivity contribution < 1.29 is 4.79 Å². The molecular weight excluding hydrogens is 282 g/mol. The maximum Gasteiger partial charge on any atom is 0.161 e. The lowest BCUT2D eigenvalue weighted by Crippen LogP contribution is -1.77. The van der Waals surface area contributed by atoms with Gasteiger partial charge in [0.15, 0.2) is 6.29 Å². The van der Waals surface area contributed by atoms with Crippen LogP contribution in [0.15, 0.2) is 15.9 Å². The molecule has 14 heavy (non-hydrogen) atoms. The first kappa shape index (κ1) is 10.0. The van der Waals surface area contributed by atoms with Crippen molar-refractivity contribution in [3.05, 3.63) is 26.5 Å². The zero-order valence-electron chi connectivity index (χ0n) is 7.28. The predicted octanol–water partition coefficient (Wildman–Crippen LogP) is 3.76. The van der Waals surface area contributed by atoms with Crippen LogP contribution in [0.4, 0.5) is 0 Å². The van der Waals surface area contributed by atoms with E-state index in [-0.39, 0.29) is 0 Å². The molecule has 2 aromatic heterocycles. The molecule has 0 saturated heterocycles. The van der Waals surface area contributed by atoms with E-state index < -0.39 is 0 Å². The van der Waals surface area contributed by atoms with Crippen molar-refractivity contribution in [3.63, 3.8) is 0 Å². The summed E-state index contributed by atoms with van der Waals surface area (Å²) < 4.78 is 1.05. The molecule has 0 aliphatic rings. The van der Waals surface area contributed by atoms with E-state index in [0.717, 1.165) is 26.3 Å². The van der Waals surface area contributed by atoms with Crippen molar-refractivity contribution in [1.29, 1.82) is 0 Å². The van der Waals surface area contributed by atoms with E-state index in [4.69, 9.17) is 0 Å². The molecule has 0 atom stereocenters. The number of thiophene rings is 1. The third-order valence-corrected chi connectivity index (χ3v) is 4.66. The molecular formula is C9H6BrNOS2. The molecule has 2 aromatic rings. The standard InChI is InChI=1S/C9H6BrNOS2/c1-5-8(3-12)14-9(11-5)7-2-6(10)4-13-7/h2-4H,1H3. The Bertz CT molecular complexity index is 475. The van der Waals surface area contributed by atoms with Gasteiger partial charge in [0.2, 0.25) is 0 Å². The molecule has 0 radical (unpaired) electrons. The normalized spacial score (nSPS) is 10.4. The minimum Gasteiger partial charge on any atom is -0.297 e. The first-order valence-electron chi connectivity index (χ1n) is 3.87. The topological polar surface area (TPSA) is 30.0 Å². The summed E-state index contributed by atoms with van der Waals surface area (Å²) in [5.74, 6) is 0. The first-order valence-corrected chi connectivity index (χ1v) is 6.36. The lowest BCUT2D eigenvalue weighted by Gasteiger charge is -1.84. The van der Waals surface area contributed by atoms with Crippen LogP contribution < -0.4 is 0 Å². The molecule has 0 amide bonds. The number of carbonyl (C=O) groups is 1. The van der Waals surface area contributed by atoms with Crippen LogP contribution in [-0.4, -0.2) is 11.3 Å². The molecule has 0 saturated carbocycles. The average molecular weight is 288 g/mol. The molecule has 0 spiro atoms. The Hall–Kier alpha value is -0.520. The molecule has 2 nitrogen and oxygen atoms in total. The summed E-state index contributed by atoms with van der Waals surface area (Å²) in [5, 5.41) is 2.92. The Kier molecular flexibility index (Phi) is 2.80. The molecule has 0 fully saturated rings. The van der Waals surface area contributed by atoms with Crippen LogP contribution in [0.25, 0.3) is 9.88 Å². The molecule has 0 aliphatic carbocycles. The van der Waals surface area contributed by atoms with Crippen molar-refractivity contribution in [3.8, 4) is 9.88 Å². The van der Waals surface area contributed by atoms with Crippen LogP contribution in [0, 0.1) is 6.92 Å².